The fraction of sp³-hybridized carbons (Fsp3) is 0.455. The van der Waals surface area contributed by atoms with Gasteiger partial charge in [0, 0.05) is 18.8 Å². The quantitative estimate of drug-likeness (QED) is 0.630. The van der Waals surface area contributed by atoms with Gasteiger partial charge in [0.1, 0.15) is 0 Å². The molecule has 1 aromatic rings. The van der Waals surface area contributed by atoms with E-state index in [4.69, 9.17) is 0 Å². The van der Waals surface area contributed by atoms with Crippen molar-refractivity contribution in [2.75, 3.05) is 18.0 Å². The Morgan fingerprint density at radius 3 is 1.85 bits per heavy atom. The SMILES string of the molecule is CCN(CC)c1ccc(C)cc1.[LiH]. The van der Waals surface area contributed by atoms with E-state index in [0.717, 1.165) is 13.1 Å². The monoisotopic (exact) mass is 171 g/mol. The molecule has 0 radical (unpaired) electrons. The van der Waals surface area contributed by atoms with Crippen LogP contribution < -0.4 is 4.90 Å². The first kappa shape index (κ1) is 12.6. The molecule has 0 atom stereocenters. The fourth-order valence-electron chi connectivity index (χ4n) is 1.34. The van der Waals surface area contributed by atoms with Gasteiger partial charge in [-0.15, -0.1) is 0 Å². The first-order valence-corrected chi connectivity index (χ1v) is 4.59. The minimum atomic E-state index is 0. The number of hydrogen-bond donors (Lipinski definition) is 0. The van der Waals surface area contributed by atoms with Crippen LogP contribution in [0.5, 0.6) is 0 Å². The molecule has 0 N–H and O–H groups in total. The van der Waals surface area contributed by atoms with Crippen LogP contribution in [0.3, 0.4) is 0 Å². The Morgan fingerprint density at radius 1 is 1.00 bits per heavy atom. The zero-order valence-electron chi connectivity index (χ0n) is 8.17. The maximum absolute atomic E-state index is 2.35. The van der Waals surface area contributed by atoms with E-state index in [2.05, 4.69) is 49.9 Å². The molecule has 0 unspecified atom stereocenters. The third-order valence-electron chi connectivity index (χ3n) is 2.16. The summed E-state index contributed by atoms with van der Waals surface area (Å²) in [6.45, 7) is 8.65. The van der Waals surface area contributed by atoms with Gasteiger partial charge in [-0.2, -0.15) is 0 Å². The Labute approximate surface area is 93.3 Å². The number of hydrogen-bond acceptors (Lipinski definition) is 1. The molecule has 0 fully saturated rings. The van der Waals surface area contributed by atoms with Gasteiger partial charge in [0.25, 0.3) is 0 Å². The average molecular weight is 171 g/mol. The predicted molar refractivity (Wildman–Crippen MR) is 61.9 cm³/mol. The number of aryl methyl sites for hydroxylation is 1. The van der Waals surface area contributed by atoms with Crippen LogP contribution >= 0.6 is 0 Å². The van der Waals surface area contributed by atoms with Gasteiger partial charge in [0.05, 0.1) is 0 Å². The molecule has 1 aromatic carbocycles. The molecule has 13 heavy (non-hydrogen) atoms. The van der Waals surface area contributed by atoms with Crippen LogP contribution in [-0.2, 0) is 0 Å². The molecule has 0 aromatic heterocycles. The number of rotatable bonds is 3. The zero-order valence-corrected chi connectivity index (χ0v) is 8.17. The molecule has 1 rings (SSSR count). The van der Waals surface area contributed by atoms with Crippen molar-refractivity contribution in [3.05, 3.63) is 29.8 Å². The second-order valence-electron chi connectivity index (χ2n) is 3.01. The molecule has 1 nitrogen and oxygen atoms in total. The third kappa shape index (κ3) is 3.46. The average Bonchev–Trinajstić information content (AvgIpc) is 2.10. The Bertz CT molecular complexity index is 226. The maximum atomic E-state index is 2.35. The second kappa shape index (κ2) is 6.13. The van der Waals surface area contributed by atoms with Crippen LogP contribution in [0.1, 0.15) is 19.4 Å². The molecular weight excluding hydrogens is 153 g/mol. The summed E-state index contributed by atoms with van der Waals surface area (Å²) in [5.41, 5.74) is 2.65. The van der Waals surface area contributed by atoms with Crippen LogP contribution in [0.4, 0.5) is 5.69 Å². The summed E-state index contributed by atoms with van der Waals surface area (Å²) in [5.74, 6) is 0. The molecule has 0 spiro atoms. The third-order valence-corrected chi connectivity index (χ3v) is 2.16. The molecule has 0 bridgehead atoms. The summed E-state index contributed by atoms with van der Waals surface area (Å²) in [6, 6.07) is 8.69. The first-order chi connectivity index (χ1) is 5.77. The summed E-state index contributed by atoms with van der Waals surface area (Å²) < 4.78 is 0. The standard InChI is InChI=1S/C11H17N.Li.H/c1-4-12(5-2)11-8-6-10(3)7-9-11;;/h6-9H,4-5H2,1-3H3;;. The van der Waals surface area contributed by atoms with Crippen molar-refractivity contribution in [1.29, 1.82) is 0 Å². The summed E-state index contributed by atoms with van der Waals surface area (Å²) in [5, 5.41) is 0. The van der Waals surface area contributed by atoms with Gasteiger partial charge < -0.3 is 4.90 Å². The van der Waals surface area contributed by atoms with Gasteiger partial charge in [0.15, 0.2) is 0 Å². The van der Waals surface area contributed by atoms with Crippen LogP contribution in [0.25, 0.3) is 0 Å². The van der Waals surface area contributed by atoms with Gasteiger partial charge in [-0.1, -0.05) is 17.7 Å². The number of anilines is 1. The van der Waals surface area contributed by atoms with E-state index in [1.54, 1.807) is 0 Å². The van der Waals surface area contributed by atoms with Gasteiger partial charge in [-0.05, 0) is 32.9 Å². The summed E-state index contributed by atoms with van der Waals surface area (Å²) in [4.78, 5) is 2.35. The molecule has 68 valence electrons. The van der Waals surface area contributed by atoms with Gasteiger partial charge in [-0.25, -0.2) is 0 Å². The fourth-order valence-corrected chi connectivity index (χ4v) is 1.34. The predicted octanol–water partition coefficient (Wildman–Crippen LogP) is 2.19. The Hall–Kier alpha value is -0.383. The first-order valence-electron chi connectivity index (χ1n) is 4.59. The van der Waals surface area contributed by atoms with Gasteiger partial charge >= 0.3 is 18.9 Å². The van der Waals surface area contributed by atoms with Crippen LogP contribution in [0, 0.1) is 6.92 Å². The molecule has 0 aliphatic heterocycles. The van der Waals surface area contributed by atoms with Crippen molar-refractivity contribution >= 4 is 24.5 Å². The molecule has 0 saturated carbocycles. The van der Waals surface area contributed by atoms with Crippen LogP contribution in [0.15, 0.2) is 24.3 Å². The van der Waals surface area contributed by atoms with Crippen molar-refractivity contribution < 1.29 is 0 Å². The van der Waals surface area contributed by atoms with E-state index in [0.29, 0.717) is 0 Å². The normalized spacial score (nSPS) is 9.15. The summed E-state index contributed by atoms with van der Waals surface area (Å²) in [7, 11) is 0. The Kier molecular flexibility index (Phi) is 5.95. The summed E-state index contributed by atoms with van der Waals surface area (Å²) in [6.07, 6.45) is 0. The molecule has 0 amide bonds. The van der Waals surface area contributed by atoms with E-state index >= 15 is 0 Å². The van der Waals surface area contributed by atoms with E-state index in [9.17, 15) is 0 Å². The number of benzene rings is 1. The second-order valence-corrected chi connectivity index (χ2v) is 3.01. The summed E-state index contributed by atoms with van der Waals surface area (Å²) >= 11 is 0. The minimum absolute atomic E-state index is 0. The Balaban J connectivity index is 0.00000144. The Morgan fingerprint density at radius 2 is 1.46 bits per heavy atom. The van der Waals surface area contributed by atoms with Crippen molar-refractivity contribution in [3.8, 4) is 0 Å². The van der Waals surface area contributed by atoms with Crippen molar-refractivity contribution in [1.82, 2.24) is 0 Å². The zero-order chi connectivity index (χ0) is 8.97. The van der Waals surface area contributed by atoms with Crippen LogP contribution in [0.2, 0.25) is 0 Å². The van der Waals surface area contributed by atoms with E-state index in [1.807, 2.05) is 0 Å². The van der Waals surface area contributed by atoms with Crippen molar-refractivity contribution in [2.24, 2.45) is 0 Å². The van der Waals surface area contributed by atoms with Gasteiger partial charge in [-0.3, -0.25) is 0 Å². The number of nitrogens with zero attached hydrogens (tertiary/aromatic N) is 1. The van der Waals surface area contributed by atoms with E-state index in [-0.39, 0.29) is 18.9 Å². The van der Waals surface area contributed by atoms with Crippen LogP contribution in [-0.4, -0.2) is 32.0 Å². The molecule has 0 heterocycles. The molecule has 0 saturated heterocycles. The van der Waals surface area contributed by atoms with Gasteiger partial charge in [0.2, 0.25) is 0 Å². The van der Waals surface area contributed by atoms with Crippen molar-refractivity contribution in [2.45, 2.75) is 20.8 Å². The topological polar surface area (TPSA) is 3.24 Å². The van der Waals surface area contributed by atoms with Crippen molar-refractivity contribution in [3.63, 3.8) is 0 Å². The van der Waals surface area contributed by atoms with E-state index < -0.39 is 0 Å². The molecule has 0 aliphatic carbocycles. The molecular formula is C11H18LiN. The van der Waals surface area contributed by atoms with E-state index in [1.165, 1.54) is 11.3 Å². The molecule has 2 heteroatoms. The molecule has 0 aliphatic rings.